The van der Waals surface area contributed by atoms with E-state index < -0.39 is 0 Å². The van der Waals surface area contributed by atoms with Crippen LogP contribution in [-0.4, -0.2) is 40.1 Å². The minimum absolute atomic E-state index is 0.592. The van der Waals surface area contributed by atoms with Gasteiger partial charge in [0.05, 0.1) is 5.69 Å². The van der Waals surface area contributed by atoms with E-state index in [1.807, 2.05) is 6.92 Å². The largest absolute Gasteiger partial charge is 0.350 e. The van der Waals surface area contributed by atoms with Gasteiger partial charge in [0, 0.05) is 42.3 Å². The van der Waals surface area contributed by atoms with E-state index in [1.165, 1.54) is 30.8 Å². The Labute approximate surface area is 141 Å². The van der Waals surface area contributed by atoms with E-state index in [9.17, 15) is 0 Å². The molecule has 0 atom stereocenters. The quantitative estimate of drug-likeness (QED) is 0.862. The third kappa shape index (κ3) is 3.17. The first kappa shape index (κ1) is 14.9. The lowest BCUT2D eigenvalue weighted by Gasteiger charge is -2.39. The molecule has 2 aliphatic rings. The van der Waals surface area contributed by atoms with Crippen molar-refractivity contribution in [2.75, 3.05) is 22.9 Å². The smallest absolute Gasteiger partial charge is 0.185 e. The van der Waals surface area contributed by atoms with E-state index in [4.69, 9.17) is 0 Å². The molecule has 6 heteroatoms. The van der Waals surface area contributed by atoms with Crippen molar-refractivity contribution >= 4 is 22.3 Å². The summed E-state index contributed by atoms with van der Waals surface area (Å²) in [6.45, 7) is 6.29. The van der Waals surface area contributed by atoms with Gasteiger partial charge in [-0.3, -0.25) is 0 Å². The number of hydrogen-bond acceptors (Lipinski definition) is 6. The Balaban J connectivity index is 1.47. The second kappa shape index (κ2) is 6.07. The number of rotatable bonds is 4. The van der Waals surface area contributed by atoms with Crippen LogP contribution in [0.3, 0.4) is 0 Å². The van der Waals surface area contributed by atoms with Gasteiger partial charge in [0.1, 0.15) is 12.1 Å². The number of anilines is 2. The van der Waals surface area contributed by atoms with Crippen molar-refractivity contribution in [3.05, 3.63) is 29.2 Å². The molecule has 2 fully saturated rings. The SMILES string of the molecule is Cc1cc(N(C2CC2)C2CCN(c3nc(C)cs3)CC2)ncn1. The van der Waals surface area contributed by atoms with Crippen LogP contribution in [0, 0.1) is 13.8 Å². The summed E-state index contributed by atoms with van der Waals surface area (Å²) in [4.78, 5) is 18.4. The van der Waals surface area contributed by atoms with Gasteiger partial charge >= 0.3 is 0 Å². The molecule has 122 valence electrons. The van der Waals surface area contributed by atoms with Crippen molar-refractivity contribution in [2.24, 2.45) is 0 Å². The molecule has 0 aromatic carbocycles. The number of aromatic nitrogens is 3. The monoisotopic (exact) mass is 329 g/mol. The molecule has 0 unspecified atom stereocenters. The zero-order valence-electron chi connectivity index (χ0n) is 13.8. The van der Waals surface area contributed by atoms with Crippen molar-refractivity contribution in [3.8, 4) is 0 Å². The predicted molar refractivity (Wildman–Crippen MR) is 94.4 cm³/mol. The van der Waals surface area contributed by atoms with E-state index >= 15 is 0 Å². The molecule has 0 N–H and O–H groups in total. The Hall–Kier alpha value is -1.69. The number of piperidine rings is 1. The van der Waals surface area contributed by atoms with Crippen LogP contribution in [0.25, 0.3) is 0 Å². The lowest BCUT2D eigenvalue weighted by atomic mass is 10.0. The summed E-state index contributed by atoms with van der Waals surface area (Å²) < 4.78 is 0. The van der Waals surface area contributed by atoms with E-state index in [1.54, 1.807) is 17.7 Å². The van der Waals surface area contributed by atoms with Crippen LogP contribution in [0.4, 0.5) is 10.9 Å². The lowest BCUT2D eigenvalue weighted by Crippen LogP contribution is -2.46. The van der Waals surface area contributed by atoms with Crippen molar-refractivity contribution < 1.29 is 0 Å². The van der Waals surface area contributed by atoms with Gasteiger partial charge in [0.2, 0.25) is 0 Å². The minimum Gasteiger partial charge on any atom is -0.350 e. The molecule has 23 heavy (non-hydrogen) atoms. The van der Waals surface area contributed by atoms with Crippen LogP contribution in [0.15, 0.2) is 17.8 Å². The highest BCUT2D eigenvalue weighted by molar-refractivity contribution is 7.13. The highest BCUT2D eigenvalue weighted by Gasteiger charge is 2.36. The van der Waals surface area contributed by atoms with Crippen LogP contribution < -0.4 is 9.80 Å². The topological polar surface area (TPSA) is 45.2 Å². The van der Waals surface area contributed by atoms with Crippen LogP contribution >= 0.6 is 11.3 Å². The van der Waals surface area contributed by atoms with Gasteiger partial charge in [-0.2, -0.15) is 0 Å². The maximum Gasteiger partial charge on any atom is 0.185 e. The first-order chi connectivity index (χ1) is 11.2. The summed E-state index contributed by atoms with van der Waals surface area (Å²) in [5.74, 6) is 1.11. The summed E-state index contributed by atoms with van der Waals surface area (Å²) in [6, 6.07) is 3.41. The average Bonchev–Trinajstić information content (AvgIpc) is 3.28. The maximum absolute atomic E-state index is 4.63. The second-order valence-electron chi connectivity index (χ2n) is 6.65. The fraction of sp³-hybridized carbons (Fsp3) is 0.588. The van der Waals surface area contributed by atoms with Gasteiger partial charge in [-0.25, -0.2) is 15.0 Å². The maximum atomic E-state index is 4.63. The number of aryl methyl sites for hydroxylation is 2. The number of hydrogen-bond donors (Lipinski definition) is 0. The molecule has 2 aromatic heterocycles. The highest BCUT2D eigenvalue weighted by Crippen LogP contribution is 2.36. The van der Waals surface area contributed by atoms with Crippen LogP contribution in [0.2, 0.25) is 0 Å². The molecule has 5 nitrogen and oxygen atoms in total. The molecule has 2 aromatic rings. The van der Waals surface area contributed by atoms with Gasteiger partial charge in [0.25, 0.3) is 0 Å². The third-order valence-electron chi connectivity index (χ3n) is 4.73. The Morgan fingerprint density at radius 1 is 1.04 bits per heavy atom. The van der Waals surface area contributed by atoms with E-state index in [0.29, 0.717) is 12.1 Å². The molecule has 1 aliphatic carbocycles. The van der Waals surface area contributed by atoms with Gasteiger partial charge < -0.3 is 9.80 Å². The molecule has 1 saturated heterocycles. The summed E-state index contributed by atoms with van der Waals surface area (Å²) in [7, 11) is 0. The van der Waals surface area contributed by atoms with Gasteiger partial charge in [-0.15, -0.1) is 11.3 Å². The van der Waals surface area contributed by atoms with Crippen LogP contribution in [-0.2, 0) is 0 Å². The molecule has 1 saturated carbocycles. The summed E-state index contributed by atoms with van der Waals surface area (Å²) in [5, 5.41) is 3.32. The molecule has 1 aliphatic heterocycles. The normalized spacial score (nSPS) is 19.1. The minimum atomic E-state index is 0.592. The molecule has 0 radical (unpaired) electrons. The molecule has 0 amide bonds. The molecule has 0 spiro atoms. The highest BCUT2D eigenvalue weighted by atomic mass is 32.1. The molecule has 4 rings (SSSR count). The van der Waals surface area contributed by atoms with Crippen LogP contribution in [0.1, 0.15) is 37.1 Å². The summed E-state index contributed by atoms with van der Waals surface area (Å²) >= 11 is 1.76. The van der Waals surface area contributed by atoms with Crippen molar-refractivity contribution in [3.63, 3.8) is 0 Å². The van der Waals surface area contributed by atoms with Crippen molar-refractivity contribution in [1.29, 1.82) is 0 Å². The third-order valence-corrected chi connectivity index (χ3v) is 5.75. The number of thiazole rings is 1. The van der Waals surface area contributed by atoms with E-state index in [2.05, 4.69) is 43.1 Å². The van der Waals surface area contributed by atoms with Crippen molar-refractivity contribution in [1.82, 2.24) is 15.0 Å². The van der Waals surface area contributed by atoms with E-state index in [0.717, 1.165) is 30.3 Å². The van der Waals surface area contributed by atoms with Gasteiger partial charge in [-0.05, 0) is 39.5 Å². The molecular formula is C17H23N5S. The first-order valence-corrected chi connectivity index (χ1v) is 9.33. The predicted octanol–water partition coefficient (Wildman–Crippen LogP) is 3.19. The zero-order valence-corrected chi connectivity index (χ0v) is 14.6. The van der Waals surface area contributed by atoms with Crippen LogP contribution in [0.5, 0.6) is 0 Å². The Bertz CT molecular complexity index is 673. The fourth-order valence-corrected chi connectivity index (χ4v) is 4.29. The Kier molecular flexibility index (Phi) is 3.93. The number of nitrogens with zero attached hydrogens (tertiary/aromatic N) is 5. The average molecular weight is 329 g/mol. The lowest BCUT2D eigenvalue weighted by molar-refractivity contribution is 0.458. The first-order valence-electron chi connectivity index (χ1n) is 8.45. The summed E-state index contributed by atoms with van der Waals surface area (Å²) in [5.41, 5.74) is 2.18. The molecule has 0 bridgehead atoms. The van der Waals surface area contributed by atoms with Gasteiger partial charge in [0.15, 0.2) is 5.13 Å². The molecular weight excluding hydrogens is 306 g/mol. The van der Waals surface area contributed by atoms with Gasteiger partial charge in [-0.1, -0.05) is 0 Å². The standard InChI is InChI=1S/C17H23N5S/c1-12-9-16(19-11-18-12)22(14-3-4-14)15-5-7-21(8-6-15)17-20-13(2)10-23-17/h9-11,14-15H,3-8H2,1-2H3. The summed E-state index contributed by atoms with van der Waals surface area (Å²) in [6.07, 6.45) is 6.66. The van der Waals surface area contributed by atoms with Crippen molar-refractivity contribution in [2.45, 2.75) is 51.6 Å². The van der Waals surface area contributed by atoms with E-state index in [-0.39, 0.29) is 0 Å². The second-order valence-corrected chi connectivity index (χ2v) is 7.48. The fourth-order valence-electron chi connectivity index (χ4n) is 3.43. The molecule has 3 heterocycles. The zero-order chi connectivity index (χ0) is 15.8. The Morgan fingerprint density at radius 3 is 2.39 bits per heavy atom. The Morgan fingerprint density at radius 2 is 1.78 bits per heavy atom.